The van der Waals surface area contributed by atoms with Gasteiger partial charge in [-0.1, -0.05) is 18.6 Å². The van der Waals surface area contributed by atoms with Crippen molar-refractivity contribution in [1.29, 1.82) is 0 Å². The van der Waals surface area contributed by atoms with E-state index in [-0.39, 0.29) is 17.4 Å². The van der Waals surface area contributed by atoms with Gasteiger partial charge in [0.25, 0.3) is 0 Å². The Balaban J connectivity index is 2.36. The lowest BCUT2D eigenvalue weighted by atomic mass is 9.68. The van der Waals surface area contributed by atoms with Gasteiger partial charge in [0, 0.05) is 11.8 Å². The summed E-state index contributed by atoms with van der Waals surface area (Å²) < 4.78 is 0. The maximum atomic E-state index is 11.2. The van der Waals surface area contributed by atoms with Gasteiger partial charge in [0.15, 0.2) is 0 Å². The van der Waals surface area contributed by atoms with Gasteiger partial charge in [-0.3, -0.25) is 4.79 Å². The van der Waals surface area contributed by atoms with E-state index in [0.717, 1.165) is 0 Å². The van der Waals surface area contributed by atoms with Gasteiger partial charge in [-0.2, -0.15) is 0 Å². The zero-order valence-electron chi connectivity index (χ0n) is 7.14. The van der Waals surface area contributed by atoms with Crippen molar-refractivity contribution in [3.05, 3.63) is 11.6 Å². The Kier molecular flexibility index (Phi) is 1.05. The first-order chi connectivity index (χ1) is 5.04. The highest BCUT2D eigenvalue weighted by molar-refractivity contribution is 5.85. The molecule has 0 spiro atoms. The average Bonchev–Trinajstić information content (AvgIpc) is 2.00. The van der Waals surface area contributed by atoms with E-state index in [1.807, 2.05) is 6.92 Å². The molecule has 3 atom stereocenters. The first kappa shape index (κ1) is 6.89. The van der Waals surface area contributed by atoms with Crippen molar-refractivity contribution in [2.75, 3.05) is 0 Å². The summed E-state index contributed by atoms with van der Waals surface area (Å²) in [6, 6.07) is 0. The van der Waals surface area contributed by atoms with E-state index in [1.54, 1.807) is 0 Å². The molecule has 1 heterocycles. The van der Waals surface area contributed by atoms with Crippen LogP contribution in [-0.4, -0.2) is 11.4 Å². The molecule has 2 aliphatic rings. The lowest BCUT2D eigenvalue weighted by molar-refractivity contribution is -0.122. The molecule has 1 N–H and O–H groups in total. The predicted octanol–water partition coefficient (Wildman–Crippen LogP) is 1.09. The van der Waals surface area contributed by atoms with E-state index < -0.39 is 0 Å². The molecule has 0 saturated carbocycles. The fourth-order valence-corrected chi connectivity index (χ4v) is 2.59. The van der Waals surface area contributed by atoms with Crippen LogP contribution in [0, 0.1) is 11.8 Å². The molecule has 1 aliphatic carbocycles. The molecular weight excluding hydrogens is 138 g/mol. The van der Waals surface area contributed by atoms with E-state index in [9.17, 15) is 4.79 Å². The van der Waals surface area contributed by atoms with Crippen LogP contribution in [0.5, 0.6) is 0 Å². The van der Waals surface area contributed by atoms with Crippen molar-refractivity contribution < 1.29 is 4.79 Å². The first-order valence-corrected chi connectivity index (χ1v) is 4.06. The van der Waals surface area contributed by atoms with Crippen LogP contribution in [0.15, 0.2) is 11.6 Å². The smallest absolute Gasteiger partial charge is 0.224 e. The molecule has 11 heavy (non-hydrogen) atoms. The van der Waals surface area contributed by atoms with Crippen molar-refractivity contribution in [2.24, 2.45) is 11.8 Å². The summed E-state index contributed by atoms with van der Waals surface area (Å²) in [5.41, 5.74) is 1.35. The maximum absolute atomic E-state index is 11.2. The highest BCUT2D eigenvalue weighted by atomic mass is 16.2. The Morgan fingerprint density at radius 3 is 2.64 bits per heavy atom. The number of carbonyl (C=O) groups is 1. The second-order valence-corrected chi connectivity index (χ2v) is 3.93. The highest BCUT2D eigenvalue weighted by Crippen LogP contribution is 2.46. The molecule has 0 unspecified atom stereocenters. The van der Waals surface area contributed by atoms with Gasteiger partial charge in [-0.15, -0.1) is 0 Å². The Hall–Kier alpha value is -0.790. The van der Waals surface area contributed by atoms with E-state index in [0.29, 0.717) is 5.92 Å². The van der Waals surface area contributed by atoms with E-state index in [4.69, 9.17) is 0 Å². The molecule has 60 valence electrons. The molecule has 2 rings (SSSR count). The van der Waals surface area contributed by atoms with Crippen molar-refractivity contribution >= 4 is 5.91 Å². The number of amides is 1. The molecule has 0 aromatic rings. The largest absolute Gasteiger partial charge is 0.347 e. The molecule has 0 bridgehead atoms. The SMILES string of the molecule is CC1=C[C@]2(C)NC(=O)[C@H](C)[C@H]12. The maximum Gasteiger partial charge on any atom is 0.224 e. The summed E-state index contributed by atoms with van der Waals surface area (Å²) in [5.74, 6) is 0.825. The summed E-state index contributed by atoms with van der Waals surface area (Å²) in [5, 5.41) is 2.99. The molecule has 0 aromatic heterocycles. The average molecular weight is 151 g/mol. The zero-order valence-corrected chi connectivity index (χ0v) is 7.14. The summed E-state index contributed by atoms with van der Waals surface area (Å²) >= 11 is 0. The molecule has 0 radical (unpaired) electrons. The van der Waals surface area contributed by atoms with Crippen molar-refractivity contribution in [2.45, 2.75) is 26.3 Å². The summed E-state index contributed by atoms with van der Waals surface area (Å²) in [6.45, 7) is 6.19. The van der Waals surface area contributed by atoms with E-state index in [1.165, 1.54) is 5.57 Å². The molecule has 1 aliphatic heterocycles. The van der Waals surface area contributed by atoms with Gasteiger partial charge in [0.1, 0.15) is 0 Å². The van der Waals surface area contributed by atoms with Crippen LogP contribution in [0.3, 0.4) is 0 Å². The molecule has 0 aromatic carbocycles. The van der Waals surface area contributed by atoms with E-state index >= 15 is 0 Å². The van der Waals surface area contributed by atoms with Crippen LogP contribution in [0.4, 0.5) is 0 Å². The van der Waals surface area contributed by atoms with Crippen LogP contribution in [0.25, 0.3) is 0 Å². The van der Waals surface area contributed by atoms with Gasteiger partial charge in [-0.25, -0.2) is 0 Å². The minimum atomic E-state index is -0.0133. The number of carbonyl (C=O) groups excluding carboxylic acids is 1. The zero-order chi connectivity index (χ0) is 8.22. The van der Waals surface area contributed by atoms with E-state index in [2.05, 4.69) is 25.2 Å². The monoisotopic (exact) mass is 151 g/mol. The normalized spacial score (nSPS) is 47.5. The second kappa shape index (κ2) is 1.68. The minimum absolute atomic E-state index is 0.0133. The Bertz CT molecular complexity index is 256. The topological polar surface area (TPSA) is 29.1 Å². The Labute approximate surface area is 66.7 Å². The third-order valence-corrected chi connectivity index (χ3v) is 2.97. The quantitative estimate of drug-likeness (QED) is 0.516. The third kappa shape index (κ3) is 0.647. The first-order valence-electron chi connectivity index (χ1n) is 4.06. The number of nitrogens with one attached hydrogen (secondary N) is 1. The summed E-state index contributed by atoms with van der Waals surface area (Å²) in [7, 11) is 0. The summed E-state index contributed by atoms with van der Waals surface area (Å²) in [6.07, 6.45) is 2.15. The van der Waals surface area contributed by atoms with Gasteiger partial charge in [-0.05, 0) is 13.8 Å². The molecule has 1 amide bonds. The number of hydrogen-bond acceptors (Lipinski definition) is 1. The number of hydrogen-bond donors (Lipinski definition) is 1. The number of fused-ring (bicyclic) bond motifs is 1. The van der Waals surface area contributed by atoms with Crippen molar-refractivity contribution in [1.82, 2.24) is 5.32 Å². The van der Waals surface area contributed by atoms with Crippen LogP contribution in [0.1, 0.15) is 20.8 Å². The Morgan fingerprint density at radius 2 is 2.27 bits per heavy atom. The predicted molar refractivity (Wildman–Crippen MR) is 43.0 cm³/mol. The molecule has 2 heteroatoms. The van der Waals surface area contributed by atoms with Crippen molar-refractivity contribution in [3.63, 3.8) is 0 Å². The molecular formula is C9H13NO. The van der Waals surface area contributed by atoms with Crippen molar-refractivity contribution in [3.8, 4) is 0 Å². The lowest BCUT2D eigenvalue weighted by Crippen LogP contribution is -2.47. The molecule has 2 nitrogen and oxygen atoms in total. The summed E-state index contributed by atoms with van der Waals surface area (Å²) in [4.78, 5) is 11.2. The van der Waals surface area contributed by atoms with Crippen LogP contribution < -0.4 is 5.32 Å². The van der Waals surface area contributed by atoms with Gasteiger partial charge in [0.2, 0.25) is 5.91 Å². The van der Waals surface area contributed by atoms with Crippen LogP contribution in [0.2, 0.25) is 0 Å². The van der Waals surface area contributed by atoms with Gasteiger partial charge >= 0.3 is 0 Å². The van der Waals surface area contributed by atoms with Gasteiger partial charge in [0.05, 0.1) is 5.54 Å². The fourth-order valence-electron chi connectivity index (χ4n) is 2.59. The highest BCUT2D eigenvalue weighted by Gasteiger charge is 2.52. The molecule has 1 saturated heterocycles. The lowest BCUT2D eigenvalue weighted by Gasteiger charge is -2.39. The minimum Gasteiger partial charge on any atom is -0.347 e. The van der Waals surface area contributed by atoms with Gasteiger partial charge < -0.3 is 5.32 Å². The van der Waals surface area contributed by atoms with Crippen LogP contribution in [-0.2, 0) is 4.79 Å². The second-order valence-electron chi connectivity index (χ2n) is 3.93. The Morgan fingerprint density at radius 1 is 1.64 bits per heavy atom. The molecule has 1 fully saturated rings. The van der Waals surface area contributed by atoms with Crippen LogP contribution >= 0.6 is 0 Å². The third-order valence-electron chi connectivity index (χ3n) is 2.97. The number of rotatable bonds is 0. The standard InChI is InChI=1S/C9H13NO/c1-5-4-9(3)7(5)6(2)8(11)10-9/h4,6-7H,1-3H3,(H,10,11)/t6-,7+,9+/m1/s1. The fraction of sp³-hybridized carbons (Fsp3) is 0.667.